The van der Waals surface area contributed by atoms with Gasteiger partial charge in [0.05, 0.1) is 5.69 Å². The molecule has 0 bridgehead atoms. The number of halogens is 3. The lowest BCUT2D eigenvalue weighted by molar-refractivity contribution is -0.111. The molecule has 25 heavy (non-hydrogen) atoms. The van der Waals surface area contributed by atoms with Gasteiger partial charge in [0, 0.05) is 31.5 Å². The lowest BCUT2D eigenvalue weighted by Gasteiger charge is -1.99. The van der Waals surface area contributed by atoms with Gasteiger partial charge in [-0.25, -0.2) is 4.98 Å². The molecule has 1 aromatic heterocycles. The molecule has 0 aliphatic heterocycles. The molecule has 3 nitrogen and oxygen atoms in total. The van der Waals surface area contributed by atoms with Crippen LogP contribution in [0.15, 0.2) is 58.4 Å². The minimum atomic E-state index is -0.277. The van der Waals surface area contributed by atoms with Crippen molar-refractivity contribution in [3.63, 3.8) is 0 Å². The Bertz CT molecular complexity index is 956. The summed E-state index contributed by atoms with van der Waals surface area (Å²) in [5.41, 5.74) is 2.51. The summed E-state index contributed by atoms with van der Waals surface area (Å²) in [6.07, 6.45) is 3.05. The third-order valence-electron chi connectivity index (χ3n) is 3.23. The first-order chi connectivity index (χ1) is 12.0. The second kappa shape index (κ2) is 8.15. The van der Waals surface area contributed by atoms with Crippen LogP contribution in [0.3, 0.4) is 0 Å². The van der Waals surface area contributed by atoms with Gasteiger partial charge in [-0.3, -0.25) is 10.1 Å². The fourth-order valence-electron chi connectivity index (χ4n) is 2.06. The number of amides is 1. The van der Waals surface area contributed by atoms with Crippen molar-refractivity contribution in [3.8, 4) is 11.3 Å². The number of thiazole rings is 1. The van der Waals surface area contributed by atoms with E-state index < -0.39 is 0 Å². The summed E-state index contributed by atoms with van der Waals surface area (Å²) in [6, 6.07) is 12.9. The van der Waals surface area contributed by atoms with Gasteiger partial charge in [0.2, 0.25) is 5.91 Å². The number of carbonyl (C=O) groups is 1. The number of nitrogens with one attached hydrogen (secondary N) is 1. The number of hydrogen-bond donors (Lipinski definition) is 1. The Morgan fingerprint density at radius 2 is 2.04 bits per heavy atom. The van der Waals surface area contributed by atoms with E-state index in [0.29, 0.717) is 15.2 Å². The van der Waals surface area contributed by atoms with Crippen molar-refractivity contribution < 1.29 is 4.79 Å². The Morgan fingerprint density at radius 1 is 1.20 bits per heavy atom. The normalized spacial score (nSPS) is 11.0. The highest BCUT2D eigenvalue weighted by atomic mass is 79.9. The van der Waals surface area contributed by atoms with Gasteiger partial charge in [0.15, 0.2) is 5.13 Å². The zero-order valence-electron chi connectivity index (χ0n) is 12.7. The molecule has 0 aliphatic carbocycles. The Hall–Kier alpha value is -1.66. The molecule has 0 saturated carbocycles. The summed E-state index contributed by atoms with van der Waals surface area (Å²) >= 11 is 16.7. The lowest BCUT2D eigenvalue weighted by Crippen LogP contribution is -2.07. The quantitative estimate of drug-likeness (QED) is 0.456. The molecule has 3 aromatic rings. The molecule has 126 valence electrons. The van der Waals surface area contributed by atoms with E-state index in [1.165, 1.54) is 17.4 Å². The van der Waals surface area contributed by atoms with Crippen molar-refractivity contribution in [3.05, 3.63) is 74.0 Å². The second-order valence-electron chi connectivity index (χ2n) is 5.04. The fraction of sp³-hybridized carbons (Fsp3) is 0. The molecular weight excluding hydrogens is 443 g/mol. The van der Waals surface area contributed by atoms with Crippen LogP contribution in [0.5, 0.6) is 0 Å². The highest BCUT2D eigenvalue weighted by Crippen LogP contribution is 2.27. The Morgan fingerprint density at radius 3 is 2.80 bits per heavy atom. The van der Waals surface area contributed by atoms with Gasteiger partial charge < -0.3 is 0 Å². The van der Waals surface area contributed by atoms with Gasteiger partial charge in [-0.1, -0.05) is 57.3 Å². The van der Waals surface area contributed by atoms with E-state index in [-0.39, 0.29) is 5.91 Å². The molecule has 1 amide bonds. The lowest BCUT2D eigenvalue weighted by atomic mass is 10.2. The summed E-state index contributed by atoms with van der Waals surface area (Å²) in [7, 11) is 0. The molecule has 0 spiro atoms. The number of aromatic nitrogens is 1. The zero-order valence-corrected chi connectivity index (χ0v) is 16.6. The molecule has 3 rings (SSSR count). The van der Waals surface area contributed by atoms with Crippen molar-refractivity contribution in [2.75, 3.05) is 5.32 Å². The number of nitrogens with zero attached hydrogens (tertiary/aromatic N) is 1. The van der Waals surface area contributed by atoms with E-state index in [4.69, 9.17) is 23.2 Å². The van der Waals surface area contributed by atoms with Gasteiger partial charge in [-0.15, -0.1) is 11.3 Å². The van der Waals surface area contributed by atoms with Crippen LogP contribution >= 0.6 is 50.5 Å². The monoisotopic (exact) mass is 452 g/mol. The number of rotatable bonds is 4. The van der Waals surface area contributed by atoms with Crippen LogP contribution in [0, 0.1) is 0 Å². The van der Waals surface area contributed by atoms with Gasteiger partial charge in [-0.2, -0.15) is 0 Å². The summed E-state index contributed by atoms with van der Waals surface area (Å²) in [4.78, 5) is 16.5. The van der Waals surface area contributed by atoms with Crippen molar-refractivity contribution in [1.82, 2.24) is 4.98 Å². The third kappa shape index (κ3) is 4.92. The zero-order chi connectivity index (χ0) is 17.8. The van der Waals surface area contributed by atoms with E-state index in [2.05, 4.69) is 26.2 Å². The Balaban J connectivity index is 1.68. The van der Waals surface area contributed by atoms with E-state index in [0.717, 1.165) is 21.3 Å². The minimum Gasteiger partial charge on any atom is -0.298 e. The number of anilines is 1. The predicted octanol–water partition coefficient (Wildman–Crippen LogP) is 6.53. The molecule has 0 saturated heterocycles. The maximum absolute atomic E-state index is 12.1. The van der Waals surface area contributed by atoms with Crippen LogP contribution in [-0.4, -0.2) is 10.9 Å². The first kappa shape index (κ1) is 18.1. The molecule has 0 aliphatic rings. The first-order valence-electron chi connectivity index (χ1n) is 7.17. The second-order valence-corrected chi connectivity index (χ2v) is 7.65. The highest BCUT2D eigenvalue weighted by molar-refractivity contribution is 9.10. The average Bonchev–Trinajstić information content (AvgIpc) is 3.02. The number of benzene rings is 2. The van der Waals surface area contributed by atoms with E-state index in [1.54, 1.807) is 24.3 Å². The molecular formula is C18H11BrCl2N2OS. The minimum absolute atomic E-state index is 0.277. The van der Waals surface area contributed by atoms with Crippen LogP contribution in [0.4, 0.5) is 5.13 Å². The third-order valence-corrected chi connectivity index (χ3v) is 5.04. The Kier molecular flexibility index (Phi) is 5.91. The van der Waals surface area contributed by atoms with E-state index in [9.17, 15) is 4.79 Å². The molecule has 7 heteroatoms. The standard InChI is InChI=1S/C18H11BrCl2N2OS/c19-13-3-1-2-12(8-13)16-10-25-18(22-16)23-17(24)7-5-11-4-6-14(20)9-15(11)21/h1-10H,(H,22,23,24). The summed E-state index contributed by atoms with van der Waals surface area (Å²) in [6.45, 7) is 0. The van der Waals surface area contributed by atoms with Crippen molar-refractivity contribution in [2.45, 2.75) is 0 Å². The fourth-order valence-corrected chi connectivity index (χ4v) is 3.65. The van der Waals surface area contributed by atoms with Gasteiger partial charge in [-0.05, 0) is 35.9 Å². The van der Waals surface area contributed by atoms with E-state index >= 15 is 0 Å². The van der Waals surface area contributed by atoms with Crippen LogP contribution in [0.25, 0.3) is 17.3 Å². The summed E-state index contributed by atoms with van der Waals surface area (Å²) < 4.78 is 0.978. The predicted molar refractivity (Wildman–Crippen MR) is 109 cm³/mol. The van der Waals surface area contributed by atoms with Crippen LogP contribution in [-0.2, 0) is 4.79 Å². The van der Waals surface area contributed by atoms with Gasteiger partial charge >= 0.3 is 0 Å². The topological polar surface area (TPSA) is 42.0 Å². The molecule has 0 radical (unpaired) electrons. The van der Waals surface area contributed by atoms with Gasteiger partial charge in [0.1, 0.15) is 0 Å². The van der Waals surface area contributed by atoms with E-state index in [1.807, 2.05) is 29.6 Å². The van der Waals surface area contributed by atoms with Crippen LogP contribution in [0.2, 0.25) is 10.0 Å². The van der Waals surface area contributed by atoms with Crippen molar-refractivity contribution in [2.24, 2.45) is 0 Å². The molecule has 1 heterocycles. The Labute approximate surface area is 167 Å². The summed E-state index contributed by atoms with van der Waals surface area (Å²) in [5.74, 6) is -0.277. The molecule has 1 N–H and O–H groups in total. The maximum atomic E-state index is 12.1. The molecule has 0 unspecified atom stereocenters. The molecule has 0 atom stereocenters. The number of hydrogen-bond acceptors (Lipinski definition) is 3. The summed E-state index contributed by atoms with van der Waals surface area (Å²) in [5, 5.41) is 6.22. The van der Waals surface area contributed by atoms with Crippen molar-refractivity contribution in [1.29, 1.82) is 0 Å². The maximum Gasteiger partial charge on any atom is 0.250 e. The number of carbonyl (C=O) groups excluding carboxylic acids is 1. The van der Waals surface area contributed by atoms with Crippen LogP contribution in [0.1, 0.15) is 5.56 Å². The average molecular weight is 454 g/mol. The van der Waals surface area contributed by atoms with Crippen LogP contribution < -0.4 is 5.32 Å². The molecule has 2 aromatic carbocycles. The highest BCUT2D eigenvalue weighted by Gasteiger charge is 2.07. The SMILES string of the molecule is O=C(C=Cc1ccc(Cl)cc1Cl)Nc1nc(-c2cccc(Br)c2)cs1. The largest absolute Gasteiger partial charge is 0.298 e. The molecule has 0 fully saturated rings. The first-order valence-corrected chi connectivity index (χ1v) is 9.60. The smallest absolute Gasteiger partial charge is 0.250 e. The van der Waals surface area contributed by atoms with Gasteiger partial charge in [0.25, 0.3) is 0 Å². The van der Waals surface area contributed by atoms with Crippen molar-refractivity contribution >= 4 is 67.6 Å².